The first-order valence-electron chi connectivity index (χ1n) is 6.19. The van der Waals surface area contributed by atoms with Gasteiger partial charge >= 0.3 is 0 Å². The number of hydrogen-bond acceptors (Lipinski definition) is 1. The minimum atomic E-state index is 0.260. The summed E-state index contributed by atoms with van der Waals surface area (Å²) in [6.45, 7) is 9.24. The first-order chi connectivity index (χ1) is 6.96. The molecule has 1 saturated carbocycles. The molecule has 0 saturated heterocycles. The van der Waals surface area contributed by atoms with Crippen molar-refractivity contribution >= 4 is 0 Å². The summed E-state index contributed by atoms with van der Waals surface area (Å²) >= 11 is 0. The molecule has 0 aromatic heterocycles. The van der Waals surface area contributed by atoms with Crippen LogP contribution in [0.3, 0.4) is 0 Å². The summed E-state index contributed by atoms with van der Waals surface area (Å²) in [5.74, 6) is 3.65. The molecule has 0 aliphatic heterocycles. The number of hydrogen-bond donors (Lipinski definition) is 1. The van der Waals surface area contributed by atoms with Crippen molar-refractivity contribution in [3.63, 3.8) is 0 Å². The summed E-state index contributed by atoms with van der Waals surface area (Å²) in [6, 6.07) is 0.876. The van der Waals surface area contributed by atoms with Crippen molar-refractivity contribution in [2.24, 2.45) is 11.3 Å². The van der Waals surface area contributed by atoms with Crippen molar-refractivity contribution in [1.82, 2.24) is 5.32 Å². The summed E-state index contributed by atoms with van der Waals surface area (Å²) in [5, 5.41) is 3.61. The molecule has 86 valence electrons. The fraction of sp³-hybridized carbons (Fsp3) is 0.857. The molecule has 0 amide bonds. The lowest BCUT2D eigenvalue weighted by molar-refractivity contribution is 0.148. The van der Waals surface area contributed by atoms with E-state index in [1.165, 1.54) is 19.3 Å². The van der Waals surface area contributed by atoms with Gasteiger partial charge in [-0.2, -0.15) is 0 Å². The second kappa shape index (κ2) is 5.03. The molecule has 1 nitrogen and oxygen atoms in total. The first-order valence-corrected chi connectivity index (χ1v) is 6.19. The minimum absolute atomic E-state index is 0.260. The van der Waals surface area contributed by atoms with Crippen LogP contribution < -0.4 is 5.32 Å². The molecule has 1 aliphatic carbocycles. The van der Waals surface area contributed by atoms with E-state index >= 15 is 0 Å². The number of rotatable bonds is 3. The third kappa shape index (κ3) is 3.87. The van der Waals surface area contributed by atoms with E-state index in [2.05, 4.69) is 38.9 Å². The molecule has 1 heteroatoms. The van der Waals surface area contributed by atoms with Gasteiger partial charge in [-0.05, 0) is 37.0 Å². The zero-order valence-electron chi connectivity index (χ0n) is 10.6. The summed E-state index contributed by atoms with van der Waals surface area (Å²) in [7, 11) is 0. The van der Waals surface area contributed by atoms with Gasteiger partial charge in [0.2, 0.25) is 0 Å². The summed E-state index contributed by atoms with van der Waals surface area (Å²) in [4.78, 5) is 0. The highest BCUT2D eigenvalue weighted by Crippen LogP contribution is 2.38. The molecular weight excluding hydrogens is 182 g/mol. The van der Waals surface area contributed by atoms with Crippen LogP contribution in [0.4, 0.5) is 0 Å². The smallest absolute Gasteiger partial charge is 0.0686 e. The normalized spacial score (nSPS) is 31.9. The highest BCUT2D eigenvalue weighted by molar-refractivity contribution is 5.00. The van der Waals surface area contributed by atoms with E-state index in [4.69, 9.17) is 6.42 Å². The quantitative estimate of drug-likeness (QED) is 0.701. The Morgan fingerprint density at radius 3 is 2.60 bits per heavy atom. The van der Waals surface area contributed by atoms with E-state index in [0.717, 1.165) is 12.3 Å². The molecule has 0 radical (unpaired) electrons. The van der Waals surface area contributed by atoms with E-state index in [0.29, 0.717) is 11.5 Å². The molecule has 0 aromatic rings. The van der Waals surface area contributed by atoms with Crippen molar-refractivity contribution in [3.8, 4) is 12.3 Å². The van der Waals surface area contributed by atoms with Gasteiger partial charge in [0, 0.05) is 6.04 Å². The Hall–Kier alpha value is -0.480. The maximum atomic E-state index is 5.49. The van der Waals surface area contributed by atoms with Gasteiger partial charge in [0.25, 0.3) is 0 Å². The zero-order chi connectivity index (χ0) is 11.5. The molecule has 1 aliphatic rings. The van der Waals surface area contributed by atoms with Crippen LogP contribution in [0.15, 0.2) is 0 Å². The molecule has 1 fully saturated rings. The van der Waals surface area contributed by atoms with Gasteiger partial charge in [-0.25, -0.2) is 0 Å². The summed E-state index contributed by atoms with van der Waals surface area (Å²) < 4.78 is 0. The zero-order valence-corrected chi connectivity index (χ0v) is 10.6. The van der Waals surface area contributed by atoms with E-state index in [9.17, 15) is 0 Å². The molecule has 0 heterocycles. The van der Waals surface area contributed by atoms with Gasteiger partial charge in [-0.3, -0.25) is 0 Å². The molecule has 1 rings (SSSR count). The van der Waals surface area contributed by atoms with Crippen molar-refractivity contribution in [2.45, 2.75) is 65.5 Å². The number of nitrogens with one attached hydrogen (secondary N) is 1. The fourth-order valence-electron chi connectivity index (χ4n) is 3.04. The lowest BCUT2D eigenvalue weighted by Gasteiger charge is -2.40. The highest BCUT2D eigenvalue weighted by atomic mass is 14.9. The van der Waals surface area contributed by atoms with Crippen LogP contribution in [0.1, 0.15) is 53.4 Å². The summed E-state index contributed by atoms with van der Waals surface area (Å²) in [5.41, 5.74) is 0.474. The Kier molecular flexibility index (Phi) is 4.22. The molecule has 0 aromatic carbocycles. The standard InChI is InChI=1S/C14H25N/c1-6-12(7-2)15-13-8-11(3)9-14(4,5)10-13/h1,11-13,15H,7-10H2,2-5H3. The molecule has 3 unspecified atom stereocenters. The van der Waals surface area contributed by atoms with Crippen LogP contribution in [0.5, 0.6) is 0 Å². The fourth-order valence-corrected chi connectivity index (χ4v) is 3.04. The maximum absolute atomic E-state index is 5.49. The Morgan fingerprint density at radius 2 is 2.13 bits per heavy atom. The second-order valence-corrected chi connectivity index (χ2v) is 5.90. The third-order valence-corrected chi connectivity index (χ3v) is 3.43. The molecular formula is C14H25N. The molecule has 1 N–H and O–H groups in total. The number of terminal acetylenes is 1. The SMILES string of the molecule is C#CC(CC)NC1CC(C)CC(C)(C)C1. The Bertz CT molecular complexity index is 236. The van der Waals surface area contributed by atoms with Gasteiger partial charge < -0.3 is 5.32 Å². The molecule has 0 bridgehead atoms. The average molecular weight is 207 g/mol. The lowest BCUT2D eigenvalue weighted by Crippen LogP contribution is -2.44. The topological polar surface area (TPSA) is 12.0 Å². The van der Waals surface area contributed by atoms with Crippen molar-refractivity contribution in [2.75, 3.05) is 0 Å². The van der Waals surface area contributed by atoms with Crippen molar-refractivity contribution < 1.29 is 0 Å². The van der Waals surface area contributed by atoms with Gasteiger partial charge in [0.05, 0.1) is 6.04 Å². The van der Waals surface area contributed by atoms with Crippen molar-refractivity contribution in [1.29, 1.82) is 0 Å². The largest absolute Gasteiger partial charge is 0.301 e. The monoisotopic (exact) mass is 207 g/mol. The van der Waals surface area contributed by atoms with Gasteiger partial charge in [0.1, 0.15) is 0 Å². The predicted molar refractivity (Wildman–Crippen MR) is 66.6 cm³/mol. The summed E-state index contributed by atoms with van der Waals surface area (Å²) in [6.07, 6.45) is 10.4. The van der Waals surface area contributed by atoms with E-state index < -0.39 is 0 Å². The van der Waals surface area contributed by atoms with Gasteiger partial charge in [0.15, 0.2) is 0 Å². The van der Waals surface area contributed by atoms with Crippen LogP contribution in [0.2, 0.25) is 0 Å². The van der Waals surface area contributed by atoms with Gasteiger partial charge in [-0.1, -0.05) is 33.6 Å². The van der Waals surface area contributed by atoms with Crippen molar-refractivity contribution in [3.05, 3.63) is 0 Å². The van der Waals surface area contributed by atoms with Crippen LogP contribution in [-0.4, -0.2) is 12.1 Å². The van der Waals surface area contributed by atoms with Crippen LogP contribution in [0.25, 0.3) is 0 Å². The predicted octanol–water partition coefficient (Wildman–Crippen LogP) is 3.20. The Morgan fingerprint density at radius 1 is 1.47 bits per heavy atom. The first kappa shape index (κ1) is 12.6. The van der Waals surface area contributed by atoms with Crippen LogP contribution >= 0.6 is 0 Å². The van der Waals surface area contributed by atoms with Crippen LogP contribution in [0, 0.1) is 23.7 Å². The maximum Gasteiger partial charge on any atom is 0.0686 e. The molecule has 3 atom stereocenters. The Balaban J connectivity index is 2.52. The van der Waals surface area contributed by atoms with Gasteiger partial charge in [-0.15, -0.1) is 6.42 Å². The Labute approximate surface area is 95.0 Å². The third-order valence-electron chi connectivity index (χ3n) is 3.43. The highest BCUT2D eigenvalue weighted by Gasteiger charge is 2.32. The second-order valence-electron chi connectivity index (χ2n) is 5.90. The minimum Gasteiger partial charge on any atom is -0.301 e. The lowest BCUT2D eigenvalue weighted by atomic mass is 9.70. The van der Waals surface area contributed by atoms with Crippen LogP contribution in [-0.2, 0) is 0 Å². The van der Waals surface area contributed by atoms with E-state index in [-0.39, 0.29) is 6.04 Å². The molecule has 15 heavy (non-hydrogen) atoms. The van der Waals surface area contributed by atoms with E-state index in [1.54, 1.807) is 0 Å². The van der Waals surface area contributed by atoms with E-state index in [1.807, 2.05) is 0 Å². The molecule has 0 spiro atoms. The average Bonchev–Trinajstić information content (AvgIpc) is 2.10.